The highest BCUT2D eigenvalue weighted by molar-refractivity contribution is 9.10. The summed E-state index contributed by atoms with van der Waals surface area (Å²) >= 11 is 11.2. The largest absolute Gasteiger partial charge is 0.409 e. The van der Waals surface area contributed by atoms with Gasteiger partial charge in [0, 0.05) is 49.1 Å². The Bertz CT molecular complexity index is 1610. The van der Waals surface area contributed by atoms with E-state index < -0.39 is 8.24 Å². The van der Waals surface area contributed by atoms with Gasteiger partial charge in [0.1, 0.15) is 0 Å². The summed E-state index contributed by atoms with van der Waals surface area (Å²) in [7, 11) is -1.72. The molecule has 1 N–H and O–H groups in total. The van der Waals surface area contributed by atoms with Gasteiger partial charge < -0.3 is 9.88 Å². The van der Waals surface area contributed by atoms with Crippen molar-refractivity contribution in [3.05, 3.63) is 94.4 Å². The van der Waals surface area contributed by atoms with Crippen LogP contribution >= 0.6 is 55.0 Å². The number of aryl methyl sites for hydroxylation is 4. The van der Waals surface area contributed by atoms with Crippen LogP contribution < -0.4 is 9.88 Å². The lowest BCUT2D eigenvalue weighted by Gasteiger charge is -2.34. The number of fused-ring (bicyclic) bond motifs is 2. The molecule has 1 fully saturated rings. The number of rotatable bonds is 7. The summed E-state index contributed by atoms with van der Waals surface area (Å²) in [5, 5.41) is 5.37. The number of allylic oxidation sites excluding steroid dienone is 3. The van der Waals surface area contributed by atoms with E-state index in [1.165, 1.54) is 55.8 Å². The number of thioether (sulfide) groups is 1. The van der Waals surface area contributed by atoms with Crippen LogP contribution in [0.4, 0.5) is 11.4 Å². The maximum atomic E-state index is 4.00. The molecule has 7 heteroatoms. The number of halogens is 2. The average molecular weight is 801 g/mol. The van der Waals surface area contributed by atoms with Crippen LogP contribution in [0.2, 0.25) is 13.1 Å². The van der Waals surface area contributed by atoms with Crippen LogP contribution in [0.5, 0.6) is 0 Å². The standard InChI is InChI=1S/C20H28BrNS.C19H24BrNSSi/c1-6-22(19-12(2)9-16(21)10-13(19)3)11-18-15(5)14(4)17-7-8-23-20(17)18;1-11-9-15(20)10-12(2)17(11)21-23(5,6)19-14(4)13(3)16-7-8-22-18(16)19/h7-10,14-15,17-18,20H,6,11H2,1-5H3;7-10,19,21H,1-6H3. The molecular formula is C39H52Br2N2S2Si. The molecule has 3 aromatic rings. The van der Waals surface area contributed by atoms with Crippen LogP contribution in [0.25, 0.3) is 5.57 Å². The Morgan fingerprint density at radius 1 is 0.870 bits per heavy atom. The topological polar surface area (TPSA) is 15.3 Å². The van der Waals surface area contributed by atoms with E-state index in [1.807, 2.05) is 11.3 Å². The smallest absolute Gasteiger partial charge is 0.159 e. The number of hydrogen-bond donors (Lipinski definition) is 1. The molecule has 0 spiro atoms. The van der Waals surface area contributed by atoms with Gasteiger partial charge in [0.15, 0.2) is 8.24 Å². The summed E-state index contributed by atoms with van der Waals surface area (Å²) in [4.78, 5) is 8.18. The predicted molar refractivity (Wildman–Crippen MR) is 217 cm³/mol. The molecule has 1 saturated carbocycles. The molecule has 0 saturated heterocycles. The minimum atomic E-state index is -1.72. The molecule has 248 valence electrons. The van der Waals surface area contributed by atoms with E-state index in [0.717, 1.165) is 39.9 Å². The maximum absolute atomic E-state index is 4.00. The lowest BCUT2D eigenvalue weighted by Crippen LogP contribution is -2.44. The molecule has 1 aromatic heterocycles. The zero-order chi connectivity index (χ0) is 33.7. The van der Waals surface area contributed by atoms with Crippen molar-refractivity contribution in [2.45, 2.75) is 86.2 Å². The second-order valence-electron chi connectivity index (χ2n) is 14.5. The van der Waals surface area contributed by atoms with E-state index in [1.54, 1.807) is 10.5 Å². The average Bonchev–Trinajstić information content (AvgIpc) is 3.73. The van der Waals surface area contributed by atoms with Crippen LogP contribution in [0.3, 0.4) is 0 Å². The van der Waals surface area contributed by atoms with Crippen molar-refractivity contribution in [1.29, 1.82) is 0 Å². The minimum Gasteiger partial charge on any atom is -0.409 e. The first-order valence-electron chi connectivity index (χ1n) is 16.8. The lowest BCUT2D eigenvalue weighted by molar-refractivity contribution is 0.348. The highest BCUT2D eigenvalue weighted by atomic mass is 79.9. The molecule has 2 aromatic carbocycles. The summed E-state index contributed by atoms with van der Waals surface area (Å²) in [6.07, 6.45) is 2.46. The third-order valence-electron chi connectivity index (χ3n) is 11.1. The van der Waals surface area contributed by atoms with Crippen molar-refractivity contribution in [3.63, 3.8) is 0 Å². The molecule has 2 heterocycles. The maximum Gasteiger partial charge on any atom is 0.159 e. The molecular weight excluding hydrogens is 748 g/mol. The van der Waals surface area contributed by atoms with E-state index in [-0.39, 0.29) is 0 Å². The molecule has 2 aliphatic carbocycles. The van der Waals surface area contributed by atoms with Gasteiger partial charge in [0.25, 0.3) is 0 Å². The van der Waals surface area contributed by atoms with Gasteiger partial charge in [-0.1, -0.05) is 70.5 Å². The van der Waals surface area contributed by atoms with Crippen LogP contribution in [-0.4, -0.2) is 26.6 Å². The zero-order valence-electron chi connectivity index (χ0n) is 29.5. The van der Waals surface area contributed by atoms with Gasteiger partial charge in [0.05, 0.1) is 0 Å². The van der Waals surface area contributed by atoms with Gasteiger partial charge in [-0.2, -0.15) is 0 Å². The fraction of sp³-hybridized carbons (Fsp3) is 0.487. The molecule has 0 radical (unpaired) electrons. The minimum absolute atomic E-state index is 0.569. The zero-order valence-corrected chi connectivity index (χ0v) is 35.3. The number of anilines is 2. The third-order valence-corrected chi connectivity index (χ3v) is 17.5. The molecule has 1 aliphatic heterocycles. The summed E-state index contributed by atoms with van der Waals surface area (Å²) in [6, 6.07) is 11.2. The van der Waals surface area contributed by atoms with Gasteiger partial charge in [-0.3, -0.25) is 0 Å². The highest BCUT2D eigenvalue weighted by Crippen LogP contribution is 2.52. The molecule has 6 unspecified atom stereocenters. The number of hydrogen-bond acceptors (Lipinski definition) is 4. The molecule has 0 amide bonds. The lowest BCUT2D eigenvalue weighted by atomic mass is 9.90. The van der Waals surface area contributed by atoms with Crippen LogP contribution in [-0.2, 0) is 0 Å². The van der Waals surface area contributed by atoms with E-state index in [9.17, 15) is 0 Å². The summed E-state index contributed by atoms with van der Waals surface area (Å²) in [5.74, 6) is 3.16. The molecule has 3 aliphatic rings. The van der Waals surface area contributed by atoms with E-state index in [0.29, 0.717) is 5.54 Å². The molecule has 0 bridgehead atoms. The first-order chi connectivity index (χ1) is 21.7. The van der Waals surface area contributed by atoms with Crippen LogP contribution in [0, 0.1) is 51.4 Å². The Balaban J connectivity index is 0.000000181. The van der Waals surface area contributed by atoms with Crippen molar-refractivity contribution in [2.24, 2.45) is 23.7 Å². The Labute approximate surface area is 305 Å². The normalized spacial score (nSPS) is 25.0. The van der Waals surface area contributed by atoms with Crippen LogP contribution in [0.15, 0.2) is 61.7 Å². The predicted octanol–water partition coefficient (Wildman–Crippen LogP) is 12.9. The second-order valence-corrected chi connectivity index (χ2v) is 22.7. The fourth-order valence-corrected chi connectivity index (χ4v) is 16.8. The highest BCUT2D eigenvalue weighted by Gasteiger charge is 2.47. The molecule has 46 heavy (non-hydrogen) atoms. The van der Waals surface area contributed by atoms with Gasteiger partial charge in [-0.15, -0.1) is 23.1 Å². The van der Waals surface area contributed by atoms with Crippen molar-refractivity contribution in [3.8, 4) is 0 Å². The van der Waals surface area contributed by atoms with E-state index in [2.05, 4.69) is 176 Å². The summed E-state index contributed by atoms with van der Waals surface area (Å²) in [6.45, 7) is 27.9. The van der Waals surface area contributed by atoms with Gasteiger partial charge in [0.2, 0.25) is 0 Å². The van der Waals surface area contributed by atoms with Crippen molar-refractivity contribution >= 4 is 80.1 Å². The summed E-state index contributed by atoms with van der Waals surface area (Å²) in [5.41, 5.74) is 13.2. The Hall–Kier alpha value is -1.25. The SMILES string of the molecule is CC1=C(C)C([Si](C)(C)Nc2c(C)cc(Br)cc2C)c2sccc21.CCN(CC1C(C)C(C)C2C=CSC21)c1c(C)cc(Br)cc1C. The van der Waals surface area contributed by atoms with Crippen LogP contribution in [0.1, 0.15) is 72.9 Å². The molecule has 6 atom stereocenters. The quantitative estimate of drug-likeness (QED) is 0.240. The monoisotopic (exact) mass is 798 g/mol. The number of nitrogens with one attached hydrogen (secondary N) is 1. The summed E-state index contributed by atoms with van der Waals surface area (Å²) < 4.78 is 2.34. The first-order valence-corrected chi connectivity index (χ1v) is 23.3. The van der Waals surface area contributed by atoms with Crippen molar-refractivity contribution in [2.75, 3.05) is 23.0 Å². The van der Waals surface area contributed by atoms with Gasteiger partial charge in [-0.25, -0.2) is 0 Å². The molecule has 2 nitrogen and oxygen atoms in total. The van der Waals surface area contributed by atoms with Gasteiger partial charge >= 0.3 is 0 Å². The van der Waals surface area contributed by atoms with Gasteiger partial charge in [-0.05, 0) is 147 Å². The number of thiophene rings is 1. The fourth-order valence-electron chi connectivity index (χ4n) is 8.48. The Morgan fingerprint density at radius 3 is 2.04 bits per heavy atom. The van der Waals surface area contributed by atoms with Crippen molar-refractivity contribution < 1.29 is 0 Å². The second kappa shape index (κ2) is 14.3. The number of nitrogens with zero attached hydrogens (tertiary/aromatic N) is 1. The van der Waals surface area contributed by atoms with E-state index in [4.69, 9.17) is 0 Å². The Kier molecular flexibility index (Phi) is 11.2. The first kappa shape index (κ1) is 36.0. The Morgan fingerprint density at radius 2 is 1.46 bits per heavy atom. The molecule has 6 rings (SSSR count). The van der Waals surface area contributed by atoms with E-state index >= 15 is 0 Å². The number of benzene rings is 2. The third kappa shape index (κ3) is 6.92. The van der Waals surface area contributed by atoms with Crippen molar-refractivity contribution in [1.82, 2.24) is 0 Å².